The smallest absolute Gasteiger partial charge is 0.339 e. The number of alkyl halides is 7. The highest BCUT2D eigenvalue weighted by atomic mass is 35.5. The van der Waals surface area contributed by atoms with Crippen molar-refractivity contribution >= 4 is 17.5 Å². The summed E-state index contributed by atoms with van der Waals surface area (Å²) in [5.41, 5.74) is 0. The van der Waals surface area contributed by atoms with Gasteiger partial charge in [0.15, 0.2) is 0 Å². The third kappa shape index (κ3) is 4.17. The highest BCUT2D eigenvalue weighted by Crippen LogP contribution is 2.41. The lowest BCUT2D eigenvalue weighted by Gasteiger charge is -2.40. The molecule has 1 fully saturated rings. The second kappa shape index (κ2) is 6.41. The predicted molar refractivity (Wildman–Crippen MR) is 60.3 cm³/mol. The first-order valence-corrected chi connectivity index (χ1v) is 6.62. The predicted octanol–water partition coefficient (Wildman–Crippen LogP) is 3.74. The van der Waals surface area contributed by atoms with E-state index in [1.54, 1.807) is 0 Å². The molecule has 1 rings (SSSR count). The van der Waals surface area contributed by atoms with Crippen molar-refractivity contribution in [1.82, 2.24) is 4.90 Å². The summed E-state index contributed by atoms with van der Waals surface area (Å²) >= 11 is 5.39. The topological polar surface area (TPSA) is 20.3 Å². The highest BCUT2D eigenvalue weighted by Gasteiger charge is 2.62. The average Bonchev–Trinajstić information content (AvgIpc) is 2.16. The first kappa shape index (κ1) is 17.4. The summed E-state index contributed by atoms with van der Waals surface area (Å²) in [5.74, 6) is -5.80. The summed E-state index contributed by atoms with van der Waals surface area (Å²) in [7, 11) is 0. The van der Waals surface area contributed by atoms with E-state index in [-0.39, 0.29) is 18.8 Å². The number of hydrogen-bond donors (Lipinski definition) is 0. The van der Waals surface area contributed by atoms with E-state index in [4.69, 9.17) is 11.6 Å². The molecule has 1 amide bonds. The summed E-state index contributed by atoms with van der Waals surface area (Å²) < 4.78 is 75.2. The number of halogens is 7. The van der Waals surface area contributed by atoms with Gasteiger partial charge in [-0.2, -0.15) is 26.3 Å². The Bertz CT molecular complexity index is 325. The Kier molecular flexibility index (Phi) is 5.57. The molecule has 0 atom stereocenters. The molecule has 1 aliphatic rings. The molecule has 0 aromatic heterocycles. The van der Waals surface area contributed by atoms with E-state index in [2.05, 4.69) is 0 Å². The van der Waals surface area contributed by atoms with E-state index in [1.807, 2.05) is 0 Å². The molecule has 0 radical (unpaired) electrons. The standard InChI is InChI=1S/C11H14ClF6NO/c12-5-2-6-19(7-3-1-4-7)9(20)8(10(13,14)15)11(16,17)18/h7-8H,1-6H2. The van der Waals surface area contributed by atoms with E-state index < -0.39 is 30.2 Å². The Morgan fingerprint density at radius 3 is 1.95 bits per heavy atom. The molecular weight excluding hydrogens is 312 g/mol. The van der Waals surface area contributed by atoms with E-state index in [9.17, 15) is 31.1 Å². The molecule has 9 heteroatoms. The van der Waals surface area contributed by atoms with Gasteiger partial charge in [0.2, 0.25) is 11.8 Å². The van der Waals surface area contributed by atoms with Gasteiger partial charge in [-0.15, -0.1) is 11.6 Å². The number of carbonyl (C=O) groups excluding carboxylic acids is 1. The second-order valence-corrected chi connectivity index (χ2v) is 5.05. The molecule has 0 aromatic rings. The van der Waals surface area contributed by atoms with Gasteiger partial charge >= 0.3 is 12.4 Å². The molecule has 20 heavy (non-hydrogen) atoms. The van der Waals surface area contributed by atoms with Gasteiger partial charge in [0.1, 0.15) is 0 Å². The summed E-state index contributed by atoms with van der Waals surface area (Å²) in [5, 5.41) is 0. The van der Waals surface area contributed by atoms with Gasteiger partial charge in [-0.25, -0.2) is 0 Å². The molecule has 0 saturated heterocycles. The zero-order valence-electron chi connectivity index (χ0n) is 10.4. The van der Waals surface area contributed by atoms with Crippen molar-refractivity contribution < 1.29 is 31.1 Å². The van der Waals surface area contributed by atoms with Crippen LogP contribution in [0.15, 0.2) is 0 Å². The molecule has 0 heterocycles. The maximum atomic E-state index is 12.5. The molecule has 0 bridgehead atoms. The van der Waals surface area contributed by atoms with Crippen molar-refractivity contribution in [1.29, 1.82) is 0 Å². The van der Waals surface area contributed by atoms with Crippen molar-refractivity contribution in [3.63, 3.8) is 0 Å². The van der Waals surface area contributed by atoms with Crippen molar-refractivity contribution in [3.8, 4) is 0 Å². The Morgan fingerprint density at radius 1 is 1.15 bits per heavy atom. The van der Waals surface area contributed by atoms with Gasteiger partial charge in [-0.1, -0.05) is 0 Å². The van der Waals surface area contributed by atoms with Crippen molar-refractivity contribution in [2.24, 2.45) is 5.92 Å². The molecule has 0 unspecified atom stereocenters. The van der Waals surface area contributed by atoms with Crippen LogP contribution in [0.3, 0.4) is 0 Å². The largest absolute Gasteiger partial charge is 0.409 e. The van der Waals surface area contributed by atoms with E-state index in [1.165, 1.54) is 0 Å². The second-order valence-electron chi connectivity index (χ2n) is 4.68. The van der Waals surface area contributed by atoms with E-state index in [0.29, 0.717) is 24.2 Å². The number of nitrogens with zero attached hydrogens (tertiary/aromatic N) is 1. The van der Waals surface area contributed by atoms with Crippen molar-refractivity contribution in [2.45, 2.75) is 44.1 Å². The molecule has 1 aliphatic carbocycles. The Balaban J connectivity index is 2.94. The lowest BCUT2D eigenvalue weighted by molar-refractivity contribution is -0.278. The van der Waals surface area contributed by atoms with Gasteiger partial charge in [-0.05, 0) is 25.7 Å². The Labute approximate surface area is 117 Å². The maximum Gasteiger partial charge on any atom is 0.409 e. The molecule has 0 aliphatic heterocycles. The first-order chi connectivity index (χ1) is 9.09. The number of hydrogen-bond acceptors (Lipinski definition) is 1. The van der Waals surface area contributed by atoms with Crippen LogP contribution in [0.4, 0.5) is 26.3 Å². The third-order valence-corrected chi connectivity index (χ3v) is 3.50. The lowest BCUT2D eigenvalue weighted by Crippen LogP contribution is -2.54. The zero-order valence-corrected chi connectivity index (χ0v) is 11.2. The minimum atomic E-state index is -5.64. The molecule has 1 saturated carbocycles. The fourth-order valence-electron chi connectivity index (χ4n) is 2.03. The van der Waals surface area contributed by atoms with Crippen LogP contribution in [0.5, 0.6) is 0 Å². The van der Waals surface area contributed by atoms with Crippen molar-refractivity contribution in [3.05, 3.63) is 0 Å². The van der Waals surface area contributed by atoms with Crippen LogP contribution in [0.25, 0.3) is 0 Å². The minimum Gasteiger partial charge on any atom is -0.339 e. The number of rotatable bonds is 5. The number of amides is 1. The molecule has 2 nitrogen and oxygen atoms in total. The Hall–Kier alpha value is -0.660. The quantitative estimate of drug-likeness (QED) is 0.557. The van der Waals surface area contributed by atoms with Gasteiger partial charge in [0.05, 0.1) is 0 Å². The number of carbonyl (C=O) groups is 1. The molecule has 0 N–H and O–H groups in total. The van der Waals surface area contributed by atoms with Gasteiger partial charge in [-0.3, -0.25) is 4.79 Å². The van der Waals surface area contributed by atoms with Crippen LogP contribution in [0, 0.1) is 5.92 Å². The molecular formula is C11H14ClF6NO. The molecule has 118 valence electrons. The van der Waals surface area contributed by atoms with Crippen LogP contribution >= 0.6 is 11.6 Å². The lowest BCUT2D eigenvalue weighted by atomic mass is 9.90. The Morgan fingerprint density at radius 2 is 1.65 bits per heavy atom. The monoisotopic (exact) mass is 325 g/mol. The summed E-state index contributed by atoms with van der Waals surface area (Å²) in [4.78, 5) is 12.4. The summed E-state index contributed by atoms with van der Waals surface area (Å²) in [6, 6.07) is -0.544. The fourth-order valence-corrected chi connectivity index (χ4v) is 2.15. The van der Waals surface area contributed by atoms with Crippen LogP contribution in [-0.2, 0) is 4.79 Å². The normalized spacial score (nSPS) is 17.2. The van der Waals surface area contributed by atoms with E-state index in [0.717, 1.165) is 0 Å². The van der Waals surface area contributed by atoms with Gasteiger partial charge in [0, 0.05) is 18.5 Å². The van der Waals surface area contributed by atoms with Crippen LogP contribution < -0.4 is 0 Å². The average molecular weight is 326 g/mol. The van der Waals surface area contributed by atoms with E-state index >= 15 is 0 Å². The van der Waals surface area contributed by atoms with Crippen LogP contribution in [0.1, 0.15) is 25.7 Å². The highest BCUT2D eigenvalue weighted by molar-refractivity contribution is 6.17. The molecule has 0 spiro atoms. The van der Waals surface area contributed by atoms with Crippen molar-refractivity contribution in [2.75, 3.05) is 12.4 Å². The minimum absolute atomic E-state index is 0.0687. The van der Waals surface area contributed by atoms with Gasteiger partial charge < -0.3 is 4.90 Å². The summed E-state index contributed by atoms with van der Waals surface area (Å²) in [6.07, 6.45) is -9.58. The third-order valence-electron chi connectivity index (χ3n) is 3.23. The van der Waals surface area contributed by atoms with Crippen LogP contribution in [0.2, 0.25) is 0 Å². The fraction of sp³-hybridized carbons (Fsp3) is 0.909. The zero-order chi connectivity index (χ0) is 15.6. The SMILES string of the molecule is O=C(C(C(F)(F)F)C(F)(F)F)N(CCCCl)C1CCC1. The van der Waals surface area contributed by atoms with Gasteiger partial charge in [0.25, 0.3) is 0 Å². The first-order valence-electron chi connectivity index (χ1n) is 6.09. The maximum absolute atomic E-state index is 12.5. The molecule has 0 aromatic carbocycles. The van der Waals surface area contributed by atoms with Crippen LogP contribution in [-0.4, -0.2) is 41.6 Å². The summed E-state index contributed by atoms with van der Waals surface area (Å²) in [6.45, 7) is -0.185.